The summed E-state index contributed by atoms with van der Waals surface area (Å²) in [6.07, 6.45) is -5.64. The zero-order valence-electron chi connectivity index (χ0n) is 10.7. The zero-order valence-corrected chi connectivity index (χ0v) is 11.4. The van der Waals surface area contributed by atoms with Crippen molar-refractivity contribution in [1.82, 2.24) is 0 Å². The number of hydrogen-bond donors (Lipinski definition) is 1. The Bertz CT molecular complexity index is 620. The number of alkyl halides is 3. The van der Waals surface area contributed by atoms with Crippen LogP contribution in [0.5, 0.6) is 0 Å². The van der Waals surface area contributed by atoms with Crippen LogP contribution in [0.2, 0.25) is 5.02 Å². The van der Waals surface area contributed by atoms with Crippen molar-refractivity contribution in [3.63, 3.8) is 0 Å². The van der Waals surface area contributed by atoms with Crippen molar-refractivity contribution in [2.45, 2.75) is 18.7 Å². The first kappa shape index (κ1) is 15.8. The van der Waals surface area contributed by atoms with Gasteiger partial charge in [0.2, 0.25) is 0 Å². The molecule has 0 spiro atoms. The third-order valence-corrected chi connectivity index (χ3v) is 3.17. The second kappa shape index (κ2) is 6.03. The first-order valence-corrected chi connectivity index (χ1v) is 6.43. The van der Waals surface area contributed by atoms with E-state index in [1.54, 1.807) is 0 Å². The van der Waals surface area contributed by atoms with Crippen LogP contribution in [0.4, 0.5) is 17.6 Å². The molecule has 2 aromatic carbocycles. The lowest BCUT2D eigenvalue weighted by Crippen LogP contribution is -2.07. The summed E-state index contributed by atoms with van der Waals surface area (Å²) in [6.45, 7) is 0. The molecular formula is C15H11ClF4O. The minimum absolute atomic E-state index is 0.0658. The van der Waals surface area contributed by atoms with Crippen molar-refractivity contribution in [2.75, 3.05) is 0 Å². The normalized spacial score (nSPS) is 13.2. The SMILES string of the molecule is OC(Cc1cccc(C(F)(F)F)c1)c1cc(F)cc(Cl)c1. The molecule has 2 rings (SSSR count). The van der Waals surface area contributed by atoms with Crippen molar-refractivity contribution < 1.29 is 22.7 Å². The molecule has 0 heterocycles. The van der Waals surface area contributed by atoms with Crippen LogP contribution >= 0.6 is 11.6 Å². The van der Waals surface area contributed by atoms with Gasteiger partial charge in [0.05, 0.1) is 11.7 Å². The molecule has 0 saturated carbocycles. The standard InChI is InChI=1S/C15H11ClF4O/c16-12-6-10(7-13(17)8-12)14(21)5-9-2-1-3-11(4-9)15(18,19)20/h1-4,6-8,14,21H,5H2. The Balaban J connectivity index is 2.21. The fourth-order valence-electron chi connectivity index (χ4n) is 1.98. The molecule has 0 aliphatic heterocycles. The van der Waals surface area contributed by atoms with Gasteiger partial charge in [0.25, 0.3) is 0 Å². The molecule has 0 radical (unpaired) electrons. The Hall–Kier alpha value is -1.59. The number of hydrogen-bond acceptors (Lipinski definition) is 1. The Morgan fingerprint density at radius 1 is 1.10 bits per heavy atom. The Labute approximate surface area is 123 Å². The van der Waals surface area contributed by atoms with Gasteiger partial charge in [-0.25, -0.2) is 4.39 Å². The van der Waals surface area contributed by atoms with Crippen molar-refractivity contribution in [3.05, 3.63) is 70.0 Å². The highest BCUT2D eigenvalue weighted by atomic mass is 35.5. The van der Waals surface area contributed by atoms with E-state index in [-0.39, 0.29) is 17.0 Å². The van der Waals surface area contributed by atoms with Gasteiger partial charge in [-0.05, 0) is 35.4 Å². The molecule has 2 aromatic rings. The van der Waals surface area contributed by atoms with Crippen molar-refractivity contribution >= 4 is 11.6 Å². The minimum atomic E-state index is -4.44. The van der Waals surface area contributed by atoms with E-state index in [4.69, 9.17) is 11.6 Å². The summed E-state index contributed by atoms with van der Waals surface area (Å²) in [5.74, 6) is -0.611. The van der Waals surface area contributed by atoms with Crippen LogP contribution in [0.1, 0.15) is 22.8 Å². The predicted octanol–water partition coefficient (Wildman–Crippen LogP) is 4.77. The second-order valence-electron chi connectivity index (χ2n) is 4.62. The van der Waals surface area contributed by atoms with Crippen LogP contribution in [0.15, 0.2) is 42.5 Å². The molecule has 6 heteroatoms. The van der Waals surface area contributed by atoms with Crippen LogP contribution in [0, 0.1) is 5.82 Å². The molecule has 0 amide bonds. The van der Waals surface area contributed by atoms with E-state index in [1.807, 2.05) is 0 Å². The molecule has 0 saturated heterocycles. The lowest BCUT2D eigenvalue weighted by molar-refractivity contribution is -0.137. The number of benzene rings is 2. The third-order valence-electron chi connectivity index (χ3n) is 2.95. The highest BCUT2D eigenvalue weighted by molar-refractivity contribution is 6.30. The summed E-state index contributed by atoms with van der Waals surface area (Å²) in [7, 11) is 0. The van der Waals surface area contributed by atoms with Crippen molar-refractivity contribution in [3.8, 4) is 0 Å². The van der Waals surface area contributed by atoms with Crippen LogP contribution in [0.3, 0.4) is 0 Å². The highest BCUT2D eigenvalue weighted by Crippen LogP contribution is 2.30. The van der Waals surface area contributed by atoms with Gasteiger partial charge >= 0.3 is 6.18 Å². The smallest absolute Gasteiger partial charge is 0.388 e. The quantitative estimate of drug-likeness (QED) is 0.808. The van der Waals surface area contributed by atoms with Gasteiger partial charge in [0.1, 0.15) is 5.82 Å². The Morgan fingerprint density at radius 3 is 2.43 bits per heavy atom. The summed E-state index contributed by atoms with van der Waals surface area (Å²) in [5, 5.41) is 10.1. The number of aliphatic hydroxyl groups excluding tert-OH is 1. The topological polar surface area (TPSA) is 20.2 Å². The monoisotopic (exact) mass is 318 g/mol. The molecular weight excluding hydrogens is 308 g/mol. The lowest BCUT2D eigenvalue weighted by Gasteiger charge is -2.13. The zero-order chi connectivity index (χ0) is 15.6. The molecule has 21 heavy (non-hydrogen) atoms. The van der Waals surface area contributed by atoms with Gasteiger partial charge in [0, 0.05) is 11.4 Å². The van der Waals surface area contributed by atoms with E-state index in [0.29, 0.717) is 5.56 Å². The molecule has 0 bridgehead atoms. The van der Waals surface area contributed by atoms with Crippen LogP contribution < -0.4 is 0 Å². The third kappa shape index (κ3) is 4.19. The van der Waals surface area contributed by atoms with Gasteiger partial charge in [-0.3, -0.25) is 0 Å². The number of halogens is 5. The Kier molecular flexibility index (Phi) is 4.54. The average molecular weight is 319 g/mol. The summed E-state index contributed by atoms with van der Waals surface area (Å²) in [5.41, 5.74) is -0.264. The maximum atomic E-state index is 13.2. The van der Waals surface area contributed by atoms with Crippen molar-refractivity contribution in [2.24, 2.45) is 0 Å². The first-order chi connectivity index (χ1) is 9.75. The minimum Gasteiger partial charge on any atom is -0.388 e. The molecule has 112 valence electrons. The number of rotatable bonds is 3. The largest absolute Gasteiger partial charge is 0.416 e. The van der Waals surface area contributed by atoms with Gasteiger partial charge in [-0.1, -0.05) is 29.8 Å². The molecule has 1 unspecified atom stereocenters. The van der Waals surface area contributed by atoms with Crippen molar-refractivity contribution in [1.29, 1.82) is 0 Å². The maximum absolute atomic E-state index is 13.2. The second-order valence-corrected chi connectivity index (χ2v) is 5.06. The maximum Gasteiger partial charge on any atom is 0.416 e. The molecule has 0 fully saturated rings. The van der Waals surface area contributed by atoms with E-state index in [0.717, 1.165) is 24.3 Å². The Morgan fingerprint density at radius 2 is 1.81 bits per heavy atom. The summed E-state index contributed by atoms with van der Waals surface area (Å²) in [6, 6.07) is 8.22. The van der Waals surface area contributed by atoms with Crippen LogP contribution in [0.25, 0.3) is 0 Å². The predicted molar refractivity (Wildman–Crippen MR) is 71.5 cm³/mol. The molecule has 0 aliphatic carbocycles. The molecule has 0 aliphatic rings. The molecule has 0 aromatic heterocycles. The fraction of sp³-hybridized carbons (Fsp3) is 0.200. The average Bonchev–Trinajstić information content (AvgIpc) is 2.37. The van der Waals surface area contributed by atoms with E-state index in [9.17, 15) is 22.7 Å². The van der Waals surface area contributed by atoms with E-state index in [1.165, 1.54) is 18.2 Å². The highest BCUT2D eigenvalue weighted by Gasteiger charge is 2.30. The van der Waals surface area contributed by atoms with Gasteiger partial charge < -0.3 is 5.11 Å². The van der Waals surface area contributed by atoms with Crippen LogP contribution in [-0.2, 0) is 12.6 Å². The molecule has 1 nitrogen and oxygen atoms in total. The summed E-state index contributed by atoms with van der Waals surface area (Å²) < 4.78 is 51.0. The van der Waals surface area contributed by atoms with Gasteiger partial charge in [0.15, 0.2) is 0 Å². The van der Waals surface area contributed by atoms with Crippen LogP contribution in [-0.4, -0.2) is 5.11 Å². The van der Waals surface area contributed by atoms with E-state index < -0.39 is 23.7 Å². The first-order valence-electron chi connectivity index (χ1n) is 6.06. The fourth-order valence-corrected chi connectivity index (χ4v) is 2.21. The van der Waals surface area contributed by atoms with E-state index >= 15 is 0 Å². The lowest BCUT2D eigenvalue weighted by atomic mass is 10.00. The van der Waals surface area contributed by atoms with E-state index in [2.05, 4.69) is 0 Å². The number of aliphatic hydroxyl groups is 1. The summed E-state index contributed by atoms with van der Waals surface area (Å²) >= 11 is 5.68. The summed E-state index contributed by atoms with van der Waals surface area (Å²) in [4.78, 5) is 0. The molecule has 1 N–H and O–H groups in total. The van der Waals surface area contributed by atoms with Gasteiger partial charge in [-0.15, -0.1) is 0 Å². The molecule has 1 atom stereocenters. The van der Waals surface area contributed by atoms with Gasteiger partial charge in [-0.2, -0.15) is 13.2 Å².